The summed E-state index contributed by atoms with van der Waals surface area (Å²) in [6.45, 7) is 0. The number of carbonyl (C=O) groups excluding carboxylic acids is 1. The van der Waals surface area contributed by atoms with Crippen LogP contribution in [0.1, 0.15) is 12.0 Å². The lowest BCUT2D eigenvalue weighted by atomic mass is 10.1. The van der Waals surface area contributed by atoms with Gasteiger partial charge in [0.05, 0.1) is 32.1 Å². The Labute approximate surface area is 144 Å². The predicted octanol–water partition coefficient (Wildman–Crippen LogP) is 1.65. The Balaban J connectivity index is 2.14. The molecular formula is C15H20BrNO5S. The fourth-order valence-corrected chi connectivity index (χ4v) is 4.84. The maximum atomic E-state index is 12.5. The van der Waals surface area contributed by atoms with Gasteiger partial charge in [0, 0.05) is 17.6 Å². The average molecular weight is 406 g/mol. The van der Waals surface area contributed by atoms with Crippen molar-refractivity contribution in [2.24, 2.45) is 0 Å². The summed E-state index contributed by atoms with van der Waals surface area (Å²) in [6, 6.07) is 3.26. The molecule has 1 atom stereocenters. The van der Waals surface area contributed by atoms with Gasteiger partial charge in [0.1, 0.15) is 0 Å². The summed E-state index contributed by atoms with van der Waals surface area (Å²) in [5, 5.41) is 0. The third kappa shape index (κ3) is 4.17. The van der Waals surface area contributed by atoms with Crippen LogP contribution in [0.5, 0.6) is 11.5 Å². The lowest BCUT2D eigenvalue weighted by Crippen LogP contribution is -2.38. The van der Waals surface area contributed by atoms with E-state index in [4.69, 9.17) is 9.47 Å². The molecule has 0 N–H and O–H groups in total. The molecule has 0 spiro atoms. The average Bonchev–Trinajstić information content (AvgIpc) is 2.87. The van der Waals surface area contributed by atoms with Crippen molar-refractivity contribution >= 4 is 31.7 Å². The first-order valence-electron chi connectivity index (χ1n) is 7.14. The van der Waals surface area contributed by atoms with Crippen LogP contribution >= 0.6 is 15.9 Å². The topological polar surface area (TPSA) is 72.9 Å². The summed E-state index contributed by atoms with van der Waals surface area (Å²) in [6.07, 6.45) is 0.658. The van der Waals surface area contributed by atoms with Gasteiger partial charge in [-0.15, -0.1) is 0 Å². The number of hydrogen-bond acceptors (Lipinski definition) is 5. The van der Waals surface area contributed by atoms with Crippen molar-refractivity contribution in [1.82, 2.24) is 4.90 Å². The summed E-state index contributed by atoms with van der Waals surface area (Å²) in [7, 11) is 1.72. The zero-order valence-corrected chi connectivity index (χ0v) is 15.7. The van der Waals surface area contributed by atoms with Gasteiger partial charge in [-0.2, -0.15) is 0 Å². The molecule has 0 aliphatic carbocycles. The van der Waals surface area contributed by atoms with Gasteiger partial charge in [-0.25, -0.2) is 8.42 Å². The first-order chi connectivity index (χ1) is 10.8. The van der Waals surface area contributed by atoms with Crippen LogP contribution in [0.2, 0.25) is 0 Å². The number of sulfone groups is 1. The van der Waals surface area contributed by atoms with Crippen LogP contribution in [-0.2, 0) is 21.1 Å². The standard InChI is InChI=1S/C15H20BrNO5S/c1-17(11-4-5-23(19,20)9-11)15(18)7-10-6-13(21-2)14(22-3)8-12(10)16/h6,8,11H,4-5,7,9H2,1-3H3. The number of hydrogen-bond donors (Lipinski definition) is 0. The molecule has 8 heteroatoms. The molecule has 1 heterocycles. The molecule has 128 valence electrons. The van der Waals surface area contributed by atoms with E-state index in [0.29, 0.717) is 17.9 Å². The van der Waals surface area contributed by atoms with Crippen LogP contribution < -0.4 is 9.47 Å². The van der Waals surface area contributed by atoms with Crippen molar-refractivity contribution in [3.63, 3.8) is 0 Å². The predicted molar refractivity (Wildman–Crippen MR) is 90.8 cm³/mol. The van der Waals surface area contributed by atoms with Crippen molar-refractivity contribution in [2.75, 3.05) is 32.8 Å². The lowest BCUT2D eigenvalue weighted by Gasteiger charge is -2.24. The van der Waals surface area contributed by atoms with E-state index in [2.05, 4.69) is 15.9 Å². The Hall–Kier alpha value is -1.28. The molecule has 0 radical (unpaired) electrons. The van der Waals surface area contributed by atoms with Crippen molar-refractivity contribution in [3.05, 3.63) is 22.2 Å². The molecule has 23 heavy (non-hydrogen) atoms. The summed E-state index contributed by atoms with van der Waals surface area (Å²) in [5.41, 5.74) is 0.764. The normalized spacial score (nSPS) is 19.4. The zero-order valence-electron chi connectivity index (χ0n) is 13.3. The smallest absolute Gasteiger partial charge is 0.227 e. The van der Waals surface area contributed by atoms with E-state index in [1.54, 1.807) is 26.3 Å². The second-order valence-corrected chi connectivity index (χ2v) is 8.62. The highest BCUT2D eigenvalue weighted by atomic mass is 79.9. The molecule has 1 amide bonds. The highest BCUT2D eigenvalue weighted by molar-refractivity contribution is 9.10. The summed E-state index contributed by atoms with van der Waals surface area (Å²) < 4.78 is 34.3. The van der Waals surface area contributed by atoms with E-state index in [-0.39, 0.29) is 29.9 Å². The monoisotopic (exact) mass is 405 g/mol. The second-order valence-electron chi connectivity index (χ2n) is 5.54. The van der Waals surface area contributed by atoms with Gasteiger partial charge < -0.3 is 14.4 Å². The molecule has 1 unspecified atom stereocenters. The highest BCUT2D eigenvalue weighted by Gasteiger charge is 2.32. The molecule has 0 saturated carbocycles. The van der Waals surface area contributed by atoms with E-state index in [0.717, 1.165) is 10.0 Å². The fraction of sp³-hybridized carbons (Fsp3) is 0.533. The van der Waals surface area contributed by atoms with Gasteiger partial charge in [-0.1, -0.05) is 15.9 Å². The van der Waals surface area contributed by atoms with Crippen molar-refractivity contribution in [3.8, 4) is 11.5 Å². The molecule has 6 nitrogen and oxygen atoms in total. The van der Waals surface area contributed by atoms with Gasteiger partial charge in [-0.3, -0.25) is 4.79 Å². The number of benzene rings is 1. The number of nitrogens with zero attached hydrogens (tertiary/aromatic N) is 1. The molecule has 1 aliphatic heterocycles. The van der Waals surface area contributed by atoms with E-state index < -0.39 is 9.84 Å². The number of likely N-dealkylation sites (N-methyl/N-ethyl adjacent to an activating group) is 1. The third-order valence-electron chi connectivity index (χ3n) is 4.04. The SMILES string of the molecule is COc1cc(Br)c(CC(=O)N(C)C2CCS(=O)(=O)C2)cc1OC. The number of carbonyl (C=O) groups is 1. The molecule has 0 bridgehead atoms. The maximum absolute atomic E-state index is 12.5. The van der Waals surface area contributed by atoms with Crippen molar-refractivity contribution < 1.29 is 22.7 Å². The molecule has 2 rings (SSSR count). The van der Waals surface area contributed by atoms with Crippen LogP contribution in [0.25, 0.3) is 0 Å². The van der Waals surface area contributed by atoms with Crippen molar-refractivity contribution in [2.45, 2.75) is 18.9 Å². The third-order valence-corrected chi connectivity index (χ3v) is 6.53. The van der Waals surface area contributed by atoms with Gasteiger partial charge in [-0.05, 0) is 24.1 Å². The highest BCUT2D eigenvalue weighted by Crippen LogP contribution is 2.33. The molecule has 1 saturated heterocycles. The molecule has 0 aromatic heterocycles. The number of amides is 1. The zero-order chi connectivity index (χ0) is 17.2. The minimum Gasteiger partial charge on any atom is -0.493 e. The quantitative estimate of drug-likeness (QED) is 0.744. The molecule has 1 aromatic rings. The van der Waals surface area contributed by atoms with E-state index in [9.17, 15) is 13.2 Å². The van der Waals surface area contributed by atoms with Gasteiger partial charge in [0.25, 0.3) is 0 Å². The number of ether oxygens (including phenoxy) is 2. The van der Waals surface area contributed by atoms with Crippen LogP contribution in [-0.4, -0.2) is 58.0 Å². The summed E-state index contributed by atoms with van der Waals surface area (Å²) >= 11 is 3.43. The Morgan fingerprint density at radius 3 is 2.43 bits per heavy atom. The lowest BCUT2D eigenvalue weighted by molar-refractivity contribution is -0.130. The first kappa shape index (κ1) is 18.1. The second kappa shape index (κ2) is 7.09. The van der Waals surface area contributed by atoms with Gasteiger partial charge in [0.15, 0.2) is 21.3 Å². The Bertz CT molecular complexity index is 704. The number of methoxy groups -OCH3 is 2. The Morgan fingerprint density at radius 2 is 1.91 bits per heavy atom. The van der Waals surface area contributed by atoms with Crippen molar-refractivity contribution in [1.29, 1.82) is 0 Å². The van der Waals surface area contributed by atoms with Gasteiger partial charge in [0.2, 0.25) is 5.91 Å². The van der Waals surface area contributed by atoms with E-state index in [1.165, 1.54) is 12.0 Å². The first-order valence-corrected chi connectivity index (χ1v) is 9.75. The summed E-state index contributed by atoms with van der Waals surface area (Å²) in [5.74, 6) is 1.19. The van der Waals surface area contributed by atoms with E-state index >= 15 is 0 Å². The van der Waals surface area contributed by atoms with Crippen LogP contribution in [0, 0.1) is 0 Å². The molecular weight excluding hydrogens is 386 g/mol. The minimum absolute atomic E-state index is 0.0440. The summed E-state index contributed by atoms with van der Waals surface area (Å²) in [4.78, 5) is 14.0. The Kier molecular flexibility index (Phi) is 5.57. The van der Waals surface area contributed by atoms with Crippen LogP contribution in [0.3, 0.4) is 0 Å². The fourth-order valence-electron chi connectivity index (χ4n) is 2.60. The minimum atomic E-state index is -3.01. The maximum Gasteiger partial charge on any atom is 0.227 e. The molecule has 1 fully saturated rings. The van der Waals surface area contributed by atoms with E-state index in [1.807, 2.05) is 0 Å². The Morgan fingerprint density at radius 1 is 1.30 bits per heavy atom. The molecule has 1 aromatic carbocycles. The van der Waals surface area contributed by atoms with Gasteiger partial charge >= 0.3 is 0 Å². The molecule has 1 aliphatic rings. The largest absolute Gasteiger partial charge is 0.493 e. The number of halogens is 1. The van der Waals surface area contributed by atoms with Crippen LogP contribution in [0.4, 0.5) is 0 Å². The van der Waals surface area contributed by atoms with Crippen LogP contribution in [0.15, 0.2) is 16.6 Å². The number of rotatable bonds is 5.